The van der Waals surface area contributed by atoms with E-state index >= 15 is 0 Å². The van der Waals surface area contributed by atoms with Crippen LogP contribution in [0.5, 0.6) is 5.75 Å². The molecule has 1 aliphatic heterocycles. The topological polar surface area (TPSA) is 71.8 Å². The highest BCUT2D eigenvalue weighted by atomic mass is 16.5. The van der Waals surface area contributed by atoms with E-state index in [4.69, 9.17) is 4.74 Å². The van der Waals surface area contributed by atoms with Gasteiger partial charge < -0.3 is 19.1 Å². The lowest BCUT2D eigenvalue weighted by Crippen LogP contribution is -2.53. The molecule has 0 N–H and O–H groups in total. The largest absolute Gasteiger partial charge is 0.491 e. The molecule has 0 atom stereocenters. The van der Waals surface area contributed by atoms with Gasteiger partial charge in [-0.15, -0.1) is 0 Å². The van der Waals surface area contributed by atoms with E-state index in [-0.39, 0.29) is 36.2 Å². The number of aromatic nitrogens is 1. The van der Waals surface area contributed by atoms with E-state index < -0.39 is 0 Å². The van der Waals surface area contributed by atoms with Crippen LogP contribution < -0.4 is 10.3 Å². The fourth-order valence-electron chi connectivity index (χ4n) is 3.11. The first-order valence-electron chi connectivity index (χ1n) is 8.91. The molecule has 2 aromatic rings. The number of pyridine rings is 1. The second-order valence-electron chi connectivity index (χ2n) is 6.44. The van der Waals surface area contributed by atoms with Gasteiger partial charge in [-0.1, -0.05) is 30.3 Å². The van der Waals surface area contributed by atoms with Gasteiger partial charge in [-0.05, 0) is 24.1 Å². The number of piperazine rings is 1. The van der Waals surface area contributed by atoms with Gasteiger partial charge in [0.25, 0.3) is 5.56 Å². The fraction of sp³-hybridized carbons (Fsp3) is 0.350. The van der Waals surface area contributed by atoms with Gasteiger partial charge in [0.15, 0.2) is 5.75 Å². The summed E-state index contributed by atoms with van der Waals surface area (Å²) in [6, 6.07) is 13.2. The highest BCUT2D eigenvalue weighted by Gasteiger charge is 2.27. The molecule has 1 aromatic heterocycles. The molecule has 7 heteroatoms. The first-order chi connectivity index (χ1) is 13.1. The third-order valence-electron chi connectivity index (χ3n) is 4.70. The van der Waals surface area contributed by atoms with Crippen molar-refractivity contribution in [3.05, 3.63) is 64.6 Å². The van der Waals surface area contributed by atoms with Crippen LogP contribution in [0.4, 0.5) is 0 Å². The van der Waals surface area contributed by atoms with Gasteiger partial charge in [0.05, 0.1) is 13.7 Å². The van der Waals surface area contributed by atoms with E-state index in [9.17, 15) is 14.4 Å². The standard InChI is InChI=1S/C20H23N3O4/c1-27-17-8-5-10-23(20(17)26)15-19(25)22-13-12-21(18(24)14-22)11-9-16-6-3-2-4-7-16/h2-8,10H,9,11-15H2,1H3. The molecule has 0 saturated carbocycles. The van der Waals surface area contributed by atoms with Crippen molar-refractivity contribution >= 4 is 11.8 Å². The molecular weight excluding hydrogens is 346 g/mol. The van der Waals surface area contributed by atoms with Crippen molar-refractivity contribution < 1.29 is 14.3 Å². The minimum Gasteiger partial charge on any atom is -0.491 e. The zero-order valence-electron chi connectivity index (χ0n) is 15.3. The Balaban J connectivity index is 1.55. The van der Waals surface area contributed by atoms with Gasteiger partial charge in [0.1, 0.15) is 6.54 Å². The van der Waals surface area contributed by atoms with Gasteiger partial charge in [0, 0.05) is 25.8 Å². The molecule has 1 saturated heterocycles. The fourth-order valence-corrected chi connectivity index (χ4v) is 3.11. The Morgan fingerprint density at radius 3 is 2.56 bits per heavy atom. The van der Waals surface area contributed by atoms with Crippen LogP contribution in [0.3, 0.4) is 0 Å². The van der Waals surface area contributed by atoms with Gasteiger partial charge in [-0.25, -0.2) is 0 Å². The molecule has 27 heavy (non-hydrogen) atoms. The lowest BCUT2D eigenvalue weighted by atomic mass is 10.1. The Bertz CT molecular complexity index is 863. The van der Waals surface area contributed by atoms with E-state index in [1.807, 2.05) is 30.3 Å². The number of methoxy groups -OCH3 is 1. The number of rotatable bonds is 6. The van der Waals surface area contributed by atoms with Crippen LogP contribution in [0.25, 0.3) is 0 Å². The third-order valence-corrected chi connectivity index (χ3v) is 4.70. The summed E-state index contributed by atoms with van der Waals surface area (Å²) < 4.78 is 6.29. The zero-order valence-corrected chi connectivity index (χ0v) is 15.3. The molecule has 1 aliphatic rings. The van der Waals surface area contributed by atoms with Gasteiger partial charge in [-0.3, -0.25) is 14.4 Å². The monoisotopic (exact) mass is 369 g/mol. The van der Waals surface area contributed by atoms with E-state index in [1.54, 1.807) is 23.2 Å². The number of hydrogen-bond donors (Lipinski definition) is 0. The van der Waals surface area contributed by atoms with Crippen LogP contribution in [-0.4, -0.2) is 59.5 Å². The minimum absolute atomic E-state index is 0.0480. The second-order valence-corrected chi connectivity index (χ2v) is 6.44. The second kappa shape index (κ2) is 8.53. The number of carbonyl (C=O) groups excluding carboxylic acids is 2. The molecule has 2 heterocycles. The summed E-state index contributed by atoms with van der Waals surface area (Å²) in [5, 5.41) is 0. The average Bonchev–Trinajstić information content (AvgIpc) is 2.69. The molecule has 0 spiro atoms. The molecule has 2 amide bonds. The van der Waals surface area contributed by atoms with Crippen molar-refractivity contribution in [2.75, 3.05) is 33.3 Å². The number of nitrogens with zero attached hydrogens (tertiary/aromatic N) is 3. The van der Waals surface area contributed by atoms with E-state index in [2.05, 4.69) is 0 Å². The van der Waals surface area contributed by atoms with Crippen LogP contribution in [0.2, 0.25) is 0 Å². The van der Waals surface area contributed by atoms with Gasteiger partial charge in [0.2, 0.25) is 11.8 Å². The summed E-state index contributed by atoms with van der Waals surface area (Å²) in [7, 11) is 1.41. The Morgan fingerprint density at radius 2 is 1.85 bits per heavy atom. The molecule has 1 fully saturated rings. The predicted molar refractivity (Wildman–Crippen MR) is 101 cm³/mol. The number of hydrogen-bond acceptors (Lipinski definition) is 4. The van der Waals surface area contributed by atoms with E-state index in [0.717, 1.165) is 6.42 Å². The summed E-state index contributed by atoms with van der Waals surface area (Å²) in [5.74, 6) is -0.128. The van der Waals surface area contributed by atoms with Crippen LogP contribution in [0.1, 0.15) is 5.56 Å². The van der Waals surface area contributed by atoms with Crippen molar-refractivity contribution in [2.24, 2.45) is 0 Å². The number of amides is 2. The van der Waals surface area contributed by atoms with Crippen LogP contribution in [-0.2, 0) is 22.6 Å². The predicted octanol–water partition coefficient (Wildman–Crippen LogP) is 0.770. The van der Waals surface area contributed by atoms with Crippen LogP contribution in [0, 0.1) is 0 Å². The normalized spacial score (nSPS) is 14.3. The minimum atomic E-state index is -0.360. The summed E-state index contributed by atoms with van der Waals surface area (Å²) in [5.41, 5.74) is 0.822. The average molecular weight is 369 g/mol. The maximum atomic E-state index is 12.5. The zero-order chi connectivity index (χ0) is 19.2. The smallest absolute Gasteiger partial charge is 0.293 e. The van der Waals surface area contributed by atoms with Crippen molar-refractivity contribution in [3.8, 4) is 5.75 Å². The molecule has 0 radical (unpaired) electrons. The molecule has 142 valence electrons. The van der Waals surface area contributed by atoms with Crippen molar-refractivity contribution in [2.45, 2.75) is 13.0 Å². The molecular formula is C20H23N3O4. The molecule has 3 rings (SSSR count). The SMILES string of the molecule is COc1cccn(CC(=O)N2CCN(CCc3ccccc3)C(=O)C2)c1=O. The Hall–Kier alpha value is -3.09. The Labute approximate surface area is 157 Å². The number of benzene rings is 1. The number of ether oxygens (including phenoxy) is 1. The maximum Gasteiger partial charge on any atom is 0.293 e. The van der Waals surface area contributed by atoms with Gasteiger partial charge in [-0.2, -0.15) is 0 Å². The molecule has 1 aromatic carbocycles. The maximum absolute atomic E-state index is 12.5. The first-order valence-corrected chi connectivity index (χ1v) is 8.91. The van der Waals surface area contributed by atoms with Crippen LogP contribution >= 0.6 is 0 Å². The Kier molecular flexibility index (Phi) is 5.90. The Morgan fingerprint density at radius 1 is 1.07 bits per heavy atom. The van der Waals surface area contributed by atoms with Gasteiger partial charge >= 0.3 is 0 Å². The lowest BCUT2D eigenvalue weighted by molar-refractivity contribution is -0.145. The summed E-state index contributed by atoms with van der Waals surface area (Å²) in [6.07, 6.45) is 2.33. The van der Waals surface area contributed by atoms with Crippen molar-refractivity contribution in [1.29, 1.82) is 0 Å². The lowest BCUT2D eigenvalue weighted by Gasteiger charge is -2.34. The molecule has 0 aliphatic carbocycles. The van der Waals surface area contributed by atoms with E-state index in [1.165, 1.54) is 22.1 Å². The molecule has 0 unspecified atom stereocenters. The summed E-state index contributed by atoms with van der Waals surface area (Å²) >= 11 is 0. The highest BCUT2D eigenvalue weighted by Crippen LogP contribution is 2.08. The summed E-state index contributed by atoms with van der Waals surface area (Å²) in [6.45, 7) is 1.56. The quantitative estimate of drug-likeness (QED) is 0.754. The first kappa shape index (κ1) is 18.7. The molecule has 0 bridgehead atoms. The van der Waals surface area contributed by atoms with E-state index in [0.29, 0.717) is 19.6 Å². The highest BCUT2D eigenvalue weighted by molar-refractivity contribution is 5.86. The van der Waals surface area contributed by atoms with Crippen molar-refractivity contribution in [1.82, 2.24) is 14.4 Å². The third kappa shape index (κ3) is 4.55. The van der Waals surface area contributed by atoms with Crippen molar-refractivity contribution in [3.63, 3.8) is 0 Å². The molecule has 7 nitrogen and oxygen atoms in total. The number of carbonyl (C=O) groups is 2. The summed E-state index contributed by atoms with van der Waals surface area (Å²) in [4.78, 5) is 40.3. The van der Waals surface area contributed by atoms with Crippen LogP contribution in [0.15, 0.2) is 53.5 Å².